The fraction of sp³-hybridized carbons (Fsp3) is 0.188. The lowest BCUT2D eigenvalue weighted by Crippen LogP contribution is -2.24. The van der Waals surface area contributed by atoms with Gasteiger partial charge in [0.15, 0.2) is 5.75 Å². The summed E-state index contributed by atoms with van der Waals surface area (Å²) in [7, 11) is 0. The highest BCUT2D eigenvalue weighted by Crippen LogP contribution is 2.32. The van der Waals surface area contributed by atoms with Crippen molar-refractivity contribution in [2.45, 2.75) is 12.8 Å². The van der Waals surface area contributed by atoms with E-state index in [-0.39, 0.29) is 21.7 Å². The maximum Gasteiger partial charge on any atom is 0.251 e. The second-order valence-electron chi connectivity index (χ2n) is 4.63. The molecule has 0 aliphatic carbocycles. The van der Waals surface area contributed by atoms with E-state index in [2.05, 4.69) is 17.4 Å². The van der Waals surface area contributed by atoms with E-state index in [1.54, 1.807) is 0 Å². The minimum atomic E-state index is -0.258. The molecule has 0 aliphatic heterocycles. The van der Waals surface area contributed by atoms with Gasteiger partial charge in [0.25, 0.3) is 5.91 Å². The van der Waals surface area contributed by atoms with Gasteiger partial charge in [-0.05, 0) is 30.5 Å². The lowest BCUT2D eigenvalue weighted by Gasteiger charge is -2.07. The van der Waals surface area contributed by atoms with Crippen LogP contribution in [0, 0.1) is 0 Å². The molecule has 2 aromatic rings. The lowest BCUT2D eigenvalue weighted by molar-refractivity contribution is 0.0953. The smallest absolute Gasteiger partial charge is 0.251 e. The van der Waals surface area contributed by atoms with Gasteiger partial charge in [-0.2, -0.15) is 0 Å². The molecule has 1 amide bonds. The highest BCUT2D eigenvalue weighted by Gasteiger charge is 2.11. The van der Waals surface area contributed by atoms with Crippen molar-refractivity contribution < 1.29 is 9.90 Å². The number of aryl methyl sites for hydroxylation is 1. The number of hydrogen-bond acceptors (Lipinski definition) is 2. The molecule has 0 bridgehead atoms. The number of halogens is 2. The van der Waals surface area contributed by atoms with E-state index in [1.165, 1.54) is 17.7 Å². The molecule has 2 aromatic carbocycles. The summed E-state index contributed by atoms with van der Waals surface area (Å²) in [6.45, 7) is 0.559. The first-order valence-corrected chi connectivity index (χ1v) is 7.33. The first-order valence-electron chi connectivity index (χ1n) is 6.58. The monoisotopic (exact) mass is 323 g/mol. The van der Waals surface area contributed by atoms with Crippen molar-refractivity contribution in [2.24, 2.45) is 0 Å². The van der Waals surface area contributed by atoms with E-state index in [1.807, 2.05) is 18.2 Å². The summed E-state index contributed by atoms with van der Waals surface area (Å²) in [4.78, 5) is 12.0. The van der Waals surface area contributed by atoms with Gasteiger partial charge in [0.1, 0.15) is 0 Å². The SMILES string of the molecule is O=C(NCCCc1ccccc1)c1cc(Cl)c(O)c(Cl)c1. The number of nitrogens with one attached hydrogen (secondary N) is 1. The Bertz CT molecular complexity index is 606. The number of carbonyl (C=O) groups is 1. The Morgan fingerprint density at radius 3 is 2.33 bits per heavy atom. The summed E-state index contributed by atoms with van der Waals surface area (Å²) in [5.74, 6) is -0.467. The molecule has 21 heavy (non-hydrogen) atoms. The number of carbonyl (C=O) groups excluding carboxylic acids is 1. The number of benzene rings is 2. The van der Waals surface area contributed by atoms with Crippen molar-refractivity contribution in [1.82, 2.24) is 5.32 Å². The summed E-state index contributed by atoms with van der Waals surface area (Å²) in [5, 5.41) is 12.4. The summed E-state index contributed by atoms with van der Waals surface area (Å²) >= 11 is 11.6. The van der Waals surface area contributed by atoms with Crippen LogP contribution in [0.3, 0.4) is 0 Å². The van der Waals surface area contributed by atoms with E-state index in [0.29, 0.717) is 12.1 Å². The van der Waals surface area contributed by atoms with Crippen LogP contribution in [0.15, 0.2) is 42.5 Å². The van der Waals surface area contributed by atoms with E-state index in [9.17, 15) is 9.90 Å². The van der Waals surface area contributed by atoms with Gasteiger partial charge in [0, 0.05) is 12.1 Å². The Morgan fingerprint density at radius 2 is 1.71 bits per heavy atom. The normalized spacial score (nSPS) is 10.4. The van der Waals surface area contributed by atoms with Crippen LogP contribution in [0.25, 0.3) is 0 Å². The van der Waals surface area contributed by atoms with Crippen molar-refractivity contribution >= 4 is 29.1 Å². The third kappa shape index (κ3) is 4.38. The lowest BCUT2D eigenvalue weighted by atomic mass is 10.1. The van der Waals surface area contributed by atoms with Crippen LogP contribution in [0.1, 0.15) is 22.3 Å². The number of hydrogen-bond donors (Lipinski definition) is 2. The molecule has 5 heteroatoms. The molecular weight excluding hydrogens is 309 g/mol. The van der Waals surface area contributed by atoms with Crippen LogP contribution in [0.4, 0.5) is 0 Å². The Balaban J connectivity index is 1.85. The van der Waals surface area contributed by atoms with Gasteiger partial charge < -0.3 is 10.4 Å². The molecule has 0 saturated heterocycles. The van der Waals surface area contributed by atoms with Gasteiger partial charge >= 0.3 is 0 Å². The summed E-state index contributed by atoms with van der Waals surface area (Å²) in [6.07, 6.45) is 1.74. The highest BCUT2D eigenvalue weighted by molar-refractivity contribution is 6.37. The molecule has 2 N–H and O–H groups in total. The predicted molar refractivity (Wildman–Crippen MR) is 85.2 cm³/mol. The maximum absolute atomic E-state index is 12.0. The molecule has 0 aromatic heterocycles. The molecule has 0 atom stereocenters. The van der Waals surface area contributed by atoms with Crippen molar-refractivity contribution in [1.29, 1.82) is 0 Å². The first kappa shape index (κ1) is 15.7. The zero-order valence-corrected chi connectivity index (χ0v) is 12.8. The molecule has 0 radical (unpaired) electrons. The average molecular weight is 324 g/mol. The summed E-state index contributed by atoms with van der Waals surface area (Å²) in [5.41, 5.74) is 1.57. The zero-order valence-electron chi connectivity index (χ0n) is 11.3. The topological polar surface area (TPSA) is 49.3 Å². The molecule has 0 aliphatic rings. The molecule has 0 saturated carbocycles. The van der Waals surface area contributed by atoms with Crippen LogP contribution in [-0.4, -0.2) is 17.6 Å². The van der Waals surface area contributed by atoms with Crippen molar-refractivity contribution in [2.75, 3.05) is 6.54 Å². The van der Waals surface area contributed by atoms with Crippen LogP contribution in [0.5, 0.6) is 5.75 Å². The second kappa shape index (κ2) is 7.34. The molecule has 0 heterocycles. The summed E-state index contributed by atoms with van der Waals surface area (Å²) < 4.78 is 0. The van der Waals surface area contributed by atoms with E-state index < -0.39 is 0 Å². The number of rotatable bonds is 5. The molecular formula is C16H15Cl2NO2. The summed E-state index contributed by atoms with van der Waals surface area (Å²) in [6, 6.07) is 12.9. The Hall–Kier alpha value is -1.71. The first-order chi connectivity index (χ1) is 10.1. The highest BCUT2D eigenvalue weighted by atomic mass is 35.5. The van der Waals surface area contributed by atoms with Crippen LogP contribution in [0.2, 0.25) is 10.0 Å². The van der Waals surface area contributed by atoms with Gasteiger partial charge in [-0.15, -0.1) is 0 Å². The van der Waals surface area contributed by atoms with Crippen LogP contribution < -0.4 is 5.32 Å². The number of amides is 1. The van der Waals surface area contributed by atoms with E-state index in [0.717, 1.165) is 12.8 Å². The Morgan fingerprint density at radius 1 is 1.10 bits per heavy atom. The van der Waals surface area contributed by atoms with Gasteiger partial charge in [-0.3, -0.25) is 4.79 Å². The Labute approximate surface area is 133 Å². The second-order valence-corrected chi connectivity index (χ2v) is 5.45. The number of phenolic OH excluding ortho intramolecular Hbond substituents is 1. The fourth-order valence-electron chi connectivity index (χ4n) is 1.94. The molecule has 2 rings (SSSR count). The van der Waals surface area contributed by atoms with Crippen LogP contribution >= 0.6 is 23.2 Å². The minimum absolute atomic E-state index is 0.0666. The van der Waals surface area contributed by atoms with Gasteiger partial charge in [0.2, 0.25) is 0 Å². The number of phenols is 1. The molecule has 110 valence electrons. The average Bonchev–Trinajstić information content (AvgIpc) is 2.49. The molecule has 0 spiro atoms. The predicted octanol–water partition coefficient (Wildman–Crippen LogP) is 4.06. The van der Waals surface area contributed by atoms with Gasteiger partial charge in [0.05, 0.1) is 10.0 Å². The fourth-order valence-corrected chi connectivity index (χ4v) is 2.42. The number of aromatic hydroxyl groups is 1. The Kier molecular flexibility index (Phi) is 5.48. The maximum atomic E-state index is 12.0. The van der Waals surface area contributed by atoms with Gasteiger partial charge in [-0.25, -0.2) is 0 Å². The van der Waals surface area contributed by atoms with Crippen molar-refractivity contribution in [3.05, 3.63) is 63.6 Å². The zero-order chi connectivity index (χ0) is 15.2. The minimum Gasteiger partial charge on any atom is -0.505 e. The standard InChI is InChI=1S/C16H15Cl2NO2/c17-13-9-12(10-14(18)15(13)20)16(21)19-8-4-7-11-5-2-1-3-6-11/h1-3,5-6,9-10,20H,4,7-8H2,(H,19,21). The third-order valence-electron chi connectivity index (χ3n) is 3.05. The van der Waals surface area contributed by atoms with Crippen LogP contribution in [-0.2, 0) is 6.42 Å². The van der Waals surface area contributed by atoms with Gasteiger partial charge in [-0.1, -0.05) is 53.5 Å². The third-order valence-corrected chi connectivity index (χ3v) is 3.63. The van der Waals surface area contributed by atoms with Crippen molar-refractivity contribution in [3.8, 4) is 5.75 Å². The van der Waals surface area contributed by atoms with E-state index in [4.69, 9.17) is 23.2 Å². The molecule has 0 fully saturated rings. The molecule has 3 nitrogen and oxygen atoms in total. The molecule has 0 unspecified atom stereocenters. The van der Waals surface area contributed by atoms with E-state index >= 15 is 0 Å². The largest absolute Gasteiger partial charge is 0.505 e. The quantitative estimate of drug-likeness (QED) is 0.815. The van der Waals surface area contributed by atoms with Crippen molar-refractivity contribution in [3.63, 3.8) is 0 Å².